The third-order valence-electron chi connectivity index (χ3n) is 6.34. The van der Waals surface area contributed by atoms with E-state index < -0.39 is 22.5 Å². The Hall–Kier alpha value is -4.61. The van der Waals surface area contributed by atoms with E-state index in [0.717, 1.165) is 26.9 Å². The highest BCUT2D eigenvalue weighted by Gasteiger charge is 2.27. The first-order chi connectivity index (χ1) is 20.0. The van der Waals surface area contributed by atoms with Crippen LogP contribution in [0.1, 0.15) is 23.9 Å². The van der Waals surface area contributed by atoms with Crippen LogP contribution in [0.2, 0.25) is 5.02 Å². The molecule has 0 fully saturated rings. The third kappa shape index (κ3) is 6.99. The van der Waals surface area contributed by atoms with Crippen molar-refractivity contribution < 1.29 is 22.7 Å². The summed E-state index contributed by atoms with van der Waals surface area (Å²) in [6.45, 7) is 4.69. The highest BCUT2D eigenvalue weighted by Crippen LogP contribution is 2.27. The van der Waals surface area contributed by atoms with Gasteiger partial charge in [0.25, 0.3) is 15.9 Å². The molecule has 0 atom stereocenters. The number of rotatable bonds is 10. The Labute approximate surface area is 249 Å². The standard InChI is InChI=1S/C30H30ClN5O5S/c1-20-16-23(21(2)36(20)27-7-5-6-24(31)17-27)18-32-34-30(38)19-35(26-10-12-28(41-4)13-11-26)42(39,40)29-14-8-25(9-15-29)33-22(3)37/h5-18H,19H2,1-4H3,(H,33,37)(H,34,38)/b32-18-. The van der Waals surface area contributed by atoms with E-state index in [1.807, 2.05) is 42.7 Å². The lowest BCUT2D eigenvalue weighted by Crippen LogP contribution is -2.39. The number of hydrogen-bond acceptors (Lipinski definition) is 6. The van der Waals surface area contributed by atoms with Gasteiger partial charge in [-0.2, -0.15) is 5.10 Å². The van der Waals surface area contributed by atoms with Crippen molar-refractivity contribution in [1.82, 2.24) is 9.99 Å². The Bertz CT molecular complexity index is 1730. The first-order valence-corrected chi connectivity index (χ1v) is 14.6. The molecule has 0 saturated carbocycles. The van der Waals surface area contributed by atoms with Gasteiger partial charge in [0.1, 0.15) is 12.3 Å². The second kappa shape index (κ2) is 12.9. The van der Waals surface area contributed by atoms with E-state index in [1.54, 1.807) is 30.3 Å². The van der Waals surface area contributed by atoms with Gasteiger partial charge >= 0.3 is 0 Å². The minimum atomic E-state index is -4.18. The summed E-state index contributed by atoms with van der Waals surface area (Å²) in [5.41, 5.74) is 6.63. The number of sulfonamides is 1. The van der Waals surface area contributed by atoms with Gasteiger partial charge in [-0.1, -0.05) is 17.7 Å². The summed E-state index contributed by atoms with van der Waals surface area (Å²) in [6.07, 6.45) is 1.51. The van der Waals surface area contributed by atoms with Crippen molar-refractivity contribution in [2.75, 3.05) is 23.3 Å². The van der Waals surface area contributed by atoms with Crippen molar-refractivity contribution in [2.24, 2.45) is 5.10 Å². The number of nitrogens with zero attached hydrogens (tertiary/aromatic N) is 3. The average Bonchev–Trinajstić information content (AvgIpc) is 3.24. The van der Waals surface area contributed by atoms with Gasteiger partial charge in [-0.05, 0) is 86.6 Å². The zero-order valence-corrected chi connectivity index (χ0v) is 25.0. The highest BCUT2D eigenvalue weighted by molar-refractivity contribution is 7.92. The number of benzene rings is 3. The Balaban J connectivity index is 1.56. The minimum Gasteiger partial charge on any atom is -0.497 e. The number of hydrogen-bond donors (Lipinski definition) is 2. The lowest BCUT2D eigenvalue weighted by molar-refractivity contribution is -0.119. The van der Waals surface area contributed by atoms with Gasteiger partial charge in [0.05, 0.1) is 23.9 Å². The maximum absolute atomic E-state index is 13.7. The van der Waals surface area contributed by atoms with Crippen LogP contribution in [0.5, 0.6) is 5.75 Å². The highest BCUT2D eigenvalue weighted by atomic mass is 35.5. The molecule has 0 aliphatic heterocycles. The summed E-state index contributed by atoms with van der Waals surface area (Å²) >= 11 is 6.17. The molecular weight excluding hydrogens is 578 g/mol. The number of aryl methyl sites for hydroxylation is 1. The number of ether oxygens (including phenoxy) is 1. The van der Waals surface area contributed by atoms with Crippen LogP contribution in [-0.4, -0.2) is 44.7 Å². The van der Waals surface area contributed by atoms with Gasteiger partial charge in [0.2, 0.25) is 5.91 Å². The monoisotopic (exact) mass is 607 g/mol. The summed E-state index contributed by atoms with van der Waals surface area (Å²) in [5.74, 6) is -0.404. The molecule has 1 heterocycles. The maximum atomic E-state index is 13.7. The molecule has 0 bridgehead atoms. The molecule has 0 unspecified atom stereocenters. The summed E-state index contributed by atoms with van der Waals surface area (Å²) < 4.78 is 35.5. The summed E-state index contributed by atoms with van der Waals surface area (Å²) in [5, 5.41) is 7.30. The molecule has 0 radical (unpaired) electrons. The Morgan fingerprint density at radius 1 is 1.02 bits per heavy atom. The van der Waals surface area contributed by atoms with Crippen LogP contribution >= 0.6 is 11.6 Å². The lowest BCUT2D eigenvalue weighted by Gasteiger charge is -2.24. The third-order valence-corrected chi connectivity index (χ3v) is 8.36. The molecule has 0 aliphatic carbocycles. The molecule has 10 nitrogen and oxygen atoms in total. The molecule has 4 aromatic rings. The Morgan fingerprint density at radius 3 is 2.33 bits per heavy atom. The molecule has 4 rings (SSSR count). The van der Waals surface area contributed by atoms with Crippen molar-refractivity contribution in [1.29, 1.82) is 0 Å². The summed E-state index contributed by atoms with van der Waals surface area (Å²) in [4.78, 5) is 24.3. The number of hydrazone groups is 1. The number of methoxy groups -OCH3 is 1. The van der Waals surface area contributed by atoms with E-state index in [4.69, 9.17) is 16.3 Å². The summed E-state index contributed by atoms with van der Waals surface area (Å²) in [7, 11) is -2.68. The second-order valence-electron chi connectivity index (χ2n) is 9.35. The molecule has 218 valence electrons. The first-order valence-electron chi connectivity index (χ1n) is 12.8. The van der Waals surface area contributed by atoms with Gasteiger partial charge in [0.15, 0.2) is 0 Å². The molecule has 0 saturated heterocycles. The summed E-state index contributed by atoms with van der Waals surface area (Å²) in [6, 6.07) is 21.4. The van der Waals surface area contributed by atoms with Gasteiger partial charge in [-0.15, -0.1) is 0 Å². The Morgan fingerprint density at radius 2 is 1.71 bits per heavy atom. The lowest BCUT2D eigenvalue weighted by atomic mass is 10.2. The predicted octanol–water partition coefficient (Wildman–Crippen LogP) is 5.06. The van der Waals surface area contributed by atoms with Crippen molar-refractivity contribution in [3.8, 4) is 11.4 Å². The quantitative estimate of drug-likeness (QED) is 0.193. The van der Waals surface area contributed by atoms with Crippen LogP contribution in [-0.2, 0) is 19.6 Å². The van der Waals surface area contributed by atoms with Gasteiger partial charge in [-0.25, -0.2) is 13.8 Å². The molecule has 1 aromatic heterocycles. The number of amides is 2. The fourth-order valence-corrected chi connectivity index (χ4v) is 5.98. The van der Waals surface area contributed by atoms with E-state index in [9.17, 15) is 18.0 Å². The number of anilines is 2. The van der Waals surface area contributed by atoms with E-state index in [-0.39, 0.29) is 16.5 Å². The van der Waals surface area contributed by atoms with Gasteiger partial charge in [-0.3, -0.25) is 13.9 Å². The molecule has 2 amide bonds. The van der Waals surface area contributed by atoms with Gasteiger partial charge < -0.3 is 14.6 Å². The van der Waals surface area contributed by atoms with Crippen molar-refractivity contribution in [3.05, 3.63) is 101 Å². The van der Waals surface area contributed by atoms with E-state index in [1.165, 1.54) is 44.5 Å². The molecule has 0 spiro atoms. The van der Waals surface area contributed by atoms with Crippen LogP contribution < -0.4 is 19.8 Å². The Kier molecular flexibility index (Phi) is 9.34. The topological polar surface area (TPSA) is 122 Å². The van der Waals surface area contributed by atoms with E-state index in [0.29, 0.717) is 16.5 Å². The van der Waals surface area contributed by atoms with Gasteiger partial charge in [0, 0.05) is 40.3 Å². The van der Waals surface area contributed by atoms with E-state index >= 15 is 0 Å². The predicted molar refractivity (Wildman–Crippen MR) is 164 cm³/mol. The zero-order valence-electron chi connectivity index (χ0n) is 23.5. The zero-order chi connectivity index (χ0) is 30.4. The molecule has 3 aromatic carbocycles. The first kappa shape index (κ1) is 30.4. The number of aromatic nitrogens is 1. The molecule has 12 heteroatoms. The minimum absolute atomic E-state index is 0.0582. The smallest absolute Gasteiger partial charge is 0.264 e. The molecule has 2 N–H and O–H groups in total. The van der Waals surface area contributed by atoms with Crippen molar-refractivity contribution in [3.63, 3.8) is 0 Å². The van der Waals surface area contributed by atoms with Crippen LogP contribution in [0.3, 0.4) is 0 Å². The van der Waals surface area contributed by atoms with Crippen LogP contribution in [0.25, 0.3) is 5.69 Å². The number of carbonyl (C=O) groups is 2. The normalized spacial score (nSPS) is 11.4. The van der Waals surface area contributed by atoms with E-state index in [2.05, 4.69) is 15.8 Å². The number of carbonyl (C=O) groups excluding carboxylic acids is 2. The maximum Gasteiger partial charge on any atom is 0.264 e. The largest absolute Gasteiger partial charge is 0.497 e. The molecule has 0 aliphatic rings. The fourth-order valence-electron chi connectivity index (χ4n) is 4.37. The van der Waals surface area contributed by atoms with Crippen molar-refractivity contribution in [2.45, 2.75) is 25.7 Å². The van der Waals surface area contributed by atoms with Crippen LogP contribution in [0, 0.1) is 13.8 Å². The SMILES string of the molecule is COc1ccc(N(CC(=O)N/N=C\c2cc(C)n(-c3cccc(Cl)c3)c2C)S(=O)(=O)c2ccc(NC(C)=O)cc2)cc1. The molecular formula is C30H30ClN5O5S. The average molecular weight is 608 g/mol. The van der Waals surface area contributed by atoms with Crippen molar-refractivity contribution >= 4 is 51.0 Å². The second-order valence-corrected chi connectivity index (χ2v) is 11.6. The fraction of sp³-hybridized carbons (Fsp3) is 0.167. The van der Waals surface area contributed by atoms with Crippen LogP contribution in [0.15, 0.2) is 88.9 Å². The molecule has 42 heavy (non-hydrogen) atoms. The number of halogens is 1. The number of nitrogens with one attached hydrogen (secondary N) is 2. The van der Waals surface area contributed by atoms with Crippen LogP contribution in [0.4, 0.5) is 11.4 Å².